The average molecular weight is 265 g/mol. The van der Waals surface area contributed by atoms with Crippen LogP contribution in [0, 0.1) is 5.41 Å². The summed E-state index contributed by atoms with van der Waals surface area (Å²) in [5.41, 5.74) is 1.29. The number of hydrogen-bond acceptors (Lipinski definition) is 4. The first kappa shape index (κ1) is 14.2. The highest BCUT2D eigenvalue weighted by atomic mass is 16.5. The second-order valence-corrected chi connectivity index (χ2v) is 5.51. The molecule has 4 heteroatoms. The smallest absolute Gasteiger partial charge is 0.127 e. The first-order valence-corrected chi connectivity index (χ1v) is 6.63. The minimum Gasteiger partial charge on any atom is -0.497 e. The highest BCUT2D eigenvalue weighted by molar-refractivity contribution is 5.40. The van der Waals surface area contributed by atoms with Crippen molar-refractivity contribution < 1.29 is 14.6 Å². The topological polar surface area (TPSA) is 41.9 Å². The zero-order valence-electron chi connectivity index (χ0n) is 12.0. The lowest BCUT2D eigenvalue weighted by atomic mass is 10.1. The molecule has 0 radical (unpaired) electrons. The quantitative estimate of drug-likeness (QED) is 0.817. The molecule has 0 saturated heterocycles. The summed E-state index contributed by atoms with van der Waals surface area (Å²) in [6.07, 6.45) is 2.27. The van der Waals surface area contributed by atoms with Crippen molar-refractivity contribution in [2.75, 3.05) is 34.4 Å². The van der Waals surface area contributed by atoms with Crippen LogP contribution in [0.3, 0.4) is 0 Å². The molecule has 1 fully saturated rings. The molecule has 2 rings (SSSR count). The molecule has 1 N–H and O–H groups in total. The van der Waals surface area contributed by atoms with Gasteiger partial charge in [-0.2, -0.15) is 0 Å². The van der Waals surface area contributed by atoms with Crippen LogP contribution in [0.1, 0.15) is 18.4 Å². The van der Waals surface area contributed by atoms with Gasteiger partial charge in [0.1, 0.15) is 11.5 Å². The summed E-state index contributed by atoms with van der Waals surface area (Å²) in [6.45, 7) is 2.03. The molecule has 4 nitrogen and oxygen atoms in total. The minimum absolute atomic E-state index is 0.147. The third-order valence-electron chi connectivity index (χ3n) is 3.83. The van der Waals surface area contributed by atoms with E-state index in [4.69, 9.17) is 9.47 Å². The molecule has 0 spiro atoms. The van der Waals surface area contributed by atoms with Crippen LogP contribution in [0.5, 0.6) is 11.5 Å². The zero-order valence-corrected chi connectivity index (χ0v) is 12.0. The summed E-state index contributed by atoms with van der Waals surface area (Å²) in [4.78, 5) is 2.24. The lowest BCUT2D eigenvalue weighted by Gasteiger charge is -2.23. The standard InChI is InChI=1S/C15H23NO3/c1-16(10-15(11-17)6-7-15)9-12-4-5-13(18-2)8-14(12)19-3/h4-5,8,17H,6-7,9-11H2,1-3H3. The van der Waals surface area contributed by atoms with Crippen LogP contribution in [0.2, 0.25) is 0 Å². The Bertz CT molecular complexity index is 429. The number of benzene rings is 1. The van der Waals surface area contributed by atoms with E-state index < -0.39 is 0 Å². The van der Waals surface area contributed by atoms with Gasteiger partial charge in [0.25, 0.3) is 0 Å². The number of rotatable bonds is 7. The Kier molecular flexibility index (Phi) is 4.32. The van der Waals surface area contributed by atoms with Gasteiger partial charge < -0.3 is 19.5 Å². The maximum absolute atomic E-state index is 9.37. The van der Waals surface area contributed by atoms with Gasteiger partial charge in [-0.1, -0.05) is 6.07 Å². The maximum atomic E-state index is 9.37. The van der Waals surface area contributed by atoms with E-state index in [1.54, 1.807) is 14.2 Å². The summed E-state index contributed by atoms with van der Waals surface area (Å²) in [6, 6.07) is 5.89. The van der Waals surface area contributed by atoms with Crippen LogP contribution in [0.25, 0.3) is 0 Å². The largest absolute Gasteiger partial charge is 0.497 e. The lowest BCUT2D eigenvalue weighted by molar-refractivity contribution is 0.160. The third kappa shape index (κ3) is 3.39. The van der Waals surface area contributed by atoms with Crippen LogP contribution in [-0.4, -0.2) is 44.4 Å². The van der Waals surface area contributed by atoms with Crippen molar-refractivity contribution in [2.45, 2.75) is 19.4 Å². The molecule has 1 aromatic carbocycles. The monoisotopic (exact) mass is 265 g/mol. The van der Waals surface area contributed by atoms with Crippen molar-refractivity contribution >= 4 is 0 Å². The number of ether oxygens (including phenoxy) is 2. The van der Waals surface area contributed by atoms with Gasteiger partial charge in [0, 0.05) is 36.7 Å². The van der Waals surface area contributed by atoms with Gasteiger partial charge in [0.2, 0.25) is 0 Å². The Morgan fingerprint density at radius 1 is 1.26 bits per heavy atom. The number of methoxy groups -OCH3 is 2. The normalized spacial score (nSPS) is 16.5. The minimum atomic E-state index is 0.147. The highest BCUT2D eigenvalue weighted by Crippen LogP contribution is 2.45. The van der Waals surface area contributed by atoms with Gasteiger partial charge in [0.05, 0.1) is 14.2 Å². The number of nitrogens with zero attached hydrogens (tertiary/aromatic N) is 1. The first-order chi connectivity index (χ1) is 9.12. The molecule has 1 aromatic rings. The predicted octanol–water partition coefficient (Wildman–Crippen LogP) is 1.91. The molecule has 0 heterocycles. The summed E-state index contributed by atoms with van der Waals surface area (Å²) in [5.74, 6) is 1.65. The van der Waals surface area contributed by atoms with Gasteiger partial charge in [-0.15, -0.1) is 0 Å². The molecular formula is C15H23NO3. The van der Waals surface area contributed by atoms with Crippen LogP contribution in [0.15, 0.2) is 18.2 Å². The summed E-state index contributed by atoms with van der Waals surface area (Å²) < 4.78 is 10.6. The van der Waals surface area contributed by atoms with Crippen molar-refractivity contribution in [3.63, 3.8) is 0 Å². The van der Waals surface area contributed by atoms with Crippen molar-refractivity contribution in [1.82, 2.24) is 4.90 Å². The van der Waals surface area contributed by atoms with Crippen molar-refractivity contribution in [2.24, 2.45) is 5.41 Å². The van der Waals surface area contributed by atoms with Gasteiger partial charge in [0.15, 0.2) is 0 Å². The molecule has 0 aromatic heterocycles. The molecule has 0 atom stereocenters. The fourth-order valence-electron chi connectivity index (χ4n) is 2.44. The van der Waals surface area contributed by atoms with Gasteiger partial charge in [-0.25, -0.2) is 0 Å². The van der Waals surface area contributed by atoms with E-state index in [0.717, 1.165) is 43.0 Å². The Labute approximate surface area is 114 Å². The van der Waals surface area contributed by atoms with E-state index in [0.29, 0.717) is 0 Å². The molecule has 1 saturated carbocycles. The lowest BCUT2D eigenvalue weighted by Crippen LogP contribution is -2.28. The van der Waals surface area contributed by atoms with Gasteiger partial charge in [-0.05, 0) is 26.0 Å². The second-order valence-electron chi connectivity index (χ2n) is 5.51. The fourth-order valence-corrected chi connectivity index (χ4v) is 2.44. The summed E-state index contributed by atoms with van der Waals surface area (Å²) in [7, 11) is 5.41. The summed E-state index contributed by atoms with van der Waals surface area (Å²) in [5, 5.41) is 9.37. The molecule has 19 heavy (non-hydrogen) atoms. The molecule has 0 amide bonds. The van der Waals surface area contributed by atoms with Crippen LogP contribution >= 0.6 is 0 Å². The van der Waals surface area contributed by atoms with Crippen molar-refractivity contribution in [3.05, 3.63) is 23.8 Å². The SMILES string of the molecule is COc1ccc(CN(C)CC2(CO)CC2)c(OC)c1. The molecule has 1 aliphatic carbocycles. The maximum Gasteiger partial charge on any atom is 0.127 e. The van der Waals surface area contributed by atoms with Gasteiger partial charge >= 0.3 is 0 Å². The molecule has 1 aliphatic rings. The predicted molar refractivity (Wildman–Crippen MR) is 74.6 cm³/mol. The third-order valence-corrected chi connectivity index (χ3v) is 3.83. The van der Waals surface area contributed by atoms with Crippen LogP contribution in [-0.2, 0) is 6.54 Å². The van der Waals surface area contributed by atoms with E-state index in [-0.39, 0.29) is 12.0 Å². The average Bonchev–Trinajstić information content (AvgIpc) is 3.19. The van der Waals surface area contributed by atoms with E-state index >= 15 is 0 Å². The van der Waals surface area contributed by atoms with Crippen LogP contribution in [0.4, 0.5) is 0 Å². The van der Waals surface area contributed by atoms with E-state index in [9.17, 15) is 5.11 Å². The number of aliphatic hydroxyl groups excluding tert-OH is 1. The second kappa shape index (κ2) is 5.80. The number of hydrogen-bond donors (Lipinski definition) is 1. The number of aliphatic hydroxyl groups is 1. The van der Waals surface area contributed by atoms with Crippen LogP contribution < -0.4 is 9.47 Å². The Balaban J connectivity index is 2.01. The zero-order chi connectivity index (χ0) is 13.9. The van der Waals surface area contributed by atoms with Gasteiger partial charge in [-0.3, -0.25) is 0 Å². The Morgan fingerprint density at radius 2 is 2.00 bits per heavy atom. The highest BCUT2D eigenvalue weighted by Gasteiger charge is 2.42. The van der Waals surface area contributed by atoms with E-state index in [2.05, 4.69) is 11.9 Å². The first-order valence-electron chi connectivity index (χ1n) is 6.63. The molecule has 0 bridgehead atoms. The molecule has 106 valence electrons. The molecule has 0 unspecified atom stereocenters. The van der Waals surface area contributed by atoms with E-state index in [1.807, 2.05) is 18.2 Å². The van der Waals surface area contributed by atoms with E-state index in [1.165, 1.54) is 0 Å². The summed E-state index contributed by atoms with van der Waals surface area (Å²) >= 11 is 0. The Hall–Kier alpha value is -1.26. The molecular weight excluding hydrogens is 242 g/mol. The van der Waals surface area contributed by atoms with Crippen molar-refractivity contribution in [1.29, 1.82) is 0 Å². The fraction of sp³-hybridized carbons (Fsp3) is 0.600. The molecule has 0 aliphatic heterocycles. The Morgan fingerprint density at radius 3 is 2.53 bits per heavy atom. The van der Waals surface area contributed by atoms with Crippen molar-refractivity contribution in [3.8, 4) is 11.5 Å².